The lowest BCUT2D eigenvalue weighted by molar-refractivity contribution is 0.426. The number of hydrogen-bond donors (Lipinski definition) is 2. The average Bonchev–Trinajstić information content (AvgIpc) is 1.39. The number of rotatable bonds is 12. The molecule has 4 nitrogen and oxygen atoms in total. The van der Waals surface area contributed by atoms with Crippen LogP contribution in [0.1, 0.15) is 0 Å². The molecule has 0 spiro atoms. The summed E-state index contributed by atoms with van der Waals surface area (Å²) in [5.74, 6) is 0. The van der Waals surface area contributed by atoms with Gasteiger partial charge in [0.2, 0.25) is 0 Å². The summed E-state index contributed by atoms with van der Waals surface area (Å²) in [6.45, 7) is 0. The van der Waals surface area contributed by atoms with Gasteiger partial charge in [-0.25, -0.2) is 0 Å². The summed E-state index contributed by atoms with van der Waals surface area (Å²) in [6.07, 6.45) is 0. The zero-order valence-electron chi connectivity index (χ0n) is 64.5. The average molecular weight is 1570 g/mol. The van der Waals surface area contributed by atoms with E-state index in [-0.39, 0.29) is 0 Å². The number of para-hydroxylation sites is 4. The van der Waals surface area contributed by atoms with Gasteiger partial charge < -0.3 is 19.2 Å². The zero-order valence-corrected chi connectivity index (χ0v) is 66.1. The van der Waals surface area contributed by atoms with Crippen LogP contribution in [0, 0.1) is 0 Å². The second-order valence-corrected chi connectivity index (χ2v) is 30.9. The molecular weight excluding hydrogens is 1500 g/mol. The van der Waals surface area contributed by atoms with Crippen molar-refractivity contribution in [3.05, 3.63) is 453 Å². The summed E-state index contributed by atoms with van der Waals surface area (Å²) in [7, 11) is -1.44. The predicted molar refractivity (Wildman–Crippen MR) is 504 cm³/mol. The summed E-state index contributed by atoms with van der Waals surface area (Å²) < 4.78 is 5.65. The zero-order chi connectivity index (χ0) is 79.0. The first-order chi connectivity index (χ1) is 58.4. The normalized spacial score (nSPS) is 11.3. The highest BCUT2D eigenvalue weighted by atomic mass is 79.9. The van der Waals surface area contributed by atoms with Crippen LogP contribution in [0.3, 0.4) is 0 Å². The van der Waals surface area contributed by atoms with Crippen molar-refractivity contribution in [3.8, 4) is 112 Å². The maximum atomic E-state index is 9.24. The molecule has 6 heteroatoms. The van der Waals surface area contributed by atoms with Gasteiger partial charge in [0, 0.05) is 37.4 Å². The van der Waals surface area contributed by atoms with Gasteiger partial charge in [-0.2, -0.15) is 0 Å². The first kappa shape index (κ1) is 72.5. The lowest BCUT2D eigenvalue weighted by atomic mass is 9.80. The van der Waals surface area contributed by atoms with Gasteiger partial charge in [-0.1, -0.05) is 398 Å². The Morgan fingerprint density at radius 2 is 0.415 bits per heavy atom. The van der Waals surface area contributed by atoms with Crippen molar-refractivity contribution in [2.75, 3.05) is 0 Å². The Kier molecular flexibility index (Phi) is 19.5. The van der Waals surface area contributed by atoms with E-state index in [1.165, 1.54) is 176 Å². The lowest BCUT2D eigenvalue weighted by Gasteiger charge is -2.22. The van der Waals surface area contributed by atoms with Crippen LogP contribution in [0.15, 0.2) is 453 Å². The summed E-state index contributed by atoms with van der Waals surface area (Å²) in [5, 5.41) is 33.4. The maximum absolute atomic E-state index is 9.24. The van der Waals surface area contributed by atoms with Crippen molar-refractivity contribution in [1.29, 1.82) is 0 Å². The van der Waals surface area contributed by atoms with Crippen LogP contribution >= 0.6 is 15.9 Å². The molecule has 0 saturated heterocycles. The van der Waals surface area contributed by atoms with Gasteiger partial charge in [0.05, 0.1) is 22.1 Å². The van der Waals surface area contributed by atoms with Crippen molar-refractivity contribution < 1.29 is 10.0 Å². The first-order valence-electron chi connectivity index (χ1n) is 40.1. The van der Waals surface area contributed by atoms with E-state index >= 15 is 0 Å². The highest BCUT2D eigenvalue weighted by molar-refractivity contribution is 9.10. The molecule has 0 radical (unpaired) electrons. The molecule has 0 unspecified atom stereocenters. The maximum Gasteiger partial charge on any atom is 0.488 e. The third kappa shape index (κ3) is 13.3. The van der Waals surface area contributed by atoms with Crippen LogP contribution in [0.25, 0.3) is 198 Å². The molecule has 0 saturated carbocycles. The van der Waals surface area contributed by atoms with E-state index in [0.717, 1.165) is 26.9 Å². The lowest BCUT2D eigenvalue weighted by Crippen LogP contribution is -2.29. The van der Waals surface area contributed by atoms with E-state index in [1.54, 1.807) is 12.1 Å². The van der Waals surface area contributed by atoms with Crippen molar-refractivity contribution in [2.24, 2.45) is 0 Å². The molecule has 0 bridgehead atoms. The molecule has 0 aliphatic carbocycles. The van der Waals surface area contributed by atoms with Crippen LogP contribution < -0.4 is 5.46 Å². The number of benzene rings is 20. The fourth-order valence-electron chi connectivity index (χ4n) is 18.0. The van der Waals surface area contributed by atoms with Crippen LogP contribution in [0.5, 0.6) is 0 Å². The second kappa shape index (κ2) is 31.7. The number of fused-ring (bicyclic) bond motifs is 10. The standard InChI is InChI=1S/C56H37N.C38H25Br.C18H14BNO2/c1-3-17-39(18-4-1)43-21-7-9-25-47(43)55-49-27-11-12-28-50(49)56(48-26-10-8-22-44(48)40-19-5-2-6-20-40)52-37-41(33-36-51(52)55)38-31-34-42(35-32-38)57-53-29-15-13-23-45(53)46-24-14-16-30-54(46)57;39-28-23-24-35-36(25-28)38(32-20-10-8-18-30(32)27-15-5-2-6-16-27)34-22-12-11-21-33(34)37(35)31-19-9-7-17-29(31)26-13-3-1-4-14-26;21-19(22)13-9-11-14(12-10-13)20-17-7-3-1-5-15(17)16-6-2-4-8-18(16)20/h1-37H;1-25H;1-12,21-22H. The summed E-state index contributed by atoms with van der Waals surface area (Å²) in [4.78, 5) is 0. The van der Waals surface area contributed by atoms with Gasteiger partial charge in [-0.05, 0) is 215 Å². The smallest absolute Gasteiger partial charge is 0.423 e. The minimum Gasteiger partial charge on any atom is -0.423 e. The van der Waals surface area contributed by atoms with E-state index in [1.807, 2.05) is 36.4 Å². The molecule has 22 rings (SSSR count). The Balaban J connectivity index is 0.000000126. The summed E-state index contributed by atoms with van der Waals surface area (Å²) in [5.41, 5.74) is 29.5. The molecule has 2 heterocycles. The molecule has 0 aliphatic rings. The van der Waals surface area contributed by atoms with Gasteiger partial charge >= 0.3 is 7.12 Å². The minimum atomic E-state index is -1.44. The van der Waals surface area contributed by atoms with Crippen molar-refractivity contribution in [2.45, 2.75) is 0 Å². The Labute approximate surface area is 694 Å². The van der Waals surface area contributed by atoms with E-state index in [2.05, 4.69) is 425 Å². The molecule has 2 aromatic heterocycles. The molecule has 0 aliphatic heterocycles. The number of nitrogens with zero attached hydrogens (tertiary/aromatic N) is 2. The van der Waals surface area contributed by atoms with Crippen molar-refractivity contribution >= 4 is 115 Å². The quantitative estimate of drug-likeness (QED) is 0.0946. The minimum absolute atomic E-state index is 0.490. The number of aromatic nitrogens is 2. The Hall–Kier alpha value is -14.5. The van der Waals surface area contributed by atoms with Crippen molar-refractivity contribution in [1.82, 2.24) is 9.13 Å². The van der Waals surface area contributed by atoms with E-state index < -0.39 is 7.12 Å². The molecular formula is C112H76BBrN2O2. The molecule has 2 N–H and O–H groups in total. The fraction of sp³-hybridized carbons (Fsp3) is 0. The highest BCUT2D eigenvalue weighted by Crippen LogP contribution is 2.52. The van der Waals surface area contributed by atoms with Crippen LogP contribution in [-0.2, 0) is 0 Å². The van der Waals surface area contributed by atoms with Gasteiger partial charge in [-0.3, -0.25) is 0 Å². The largest absolute Gasteiger partial charge is 0.488 e. The Morgan fingerprint density at radius 1 is 0.178 bits per heavy atom. The molecule has 556 valence electrons. The molecule has 118 heavy (non-hydrogen) atoms. The van der Waals surface area contributed by atoms with Crippen LogP contribution in [-0.4, -0.2) is 26.3 Å². The summed E-state index contributed by atoms with van der Waals surface area (Å²) >= 11 is 3.80. The van der Waals surface area contributed by atoms with E-state index in [4.69, 9.17) is 0 Å². The summed E-state index contributed by atoms with van der Waals surface area (Å²) in [6, 6.07) is 160. The van der Waals surface area contributed by atoms with Crippen LogP contribution in [0.4, 0.5) is 0 Å². The van der Waals surface area contributed by atoms with Gasteiger partial charge in [0.1, 0.15) is 0 Å². The Morgan fingerprint density at radius 3 is 0.737 bits per heavy atom. The third-order valence-electron chi connectivity index (χ3n) is 23.2. The third-order valence-corrected chi connectivity index (χ3v) is 23.7. The predicted octanol–water partition coefficient (Wildman–Crippen LogP) is 29.3. The molecule has 22 aromatic rings. The fourth-order valence-corrected chi connectivity index (χ4v) is 18.3. The monoisotopic (exact) mass is 1570 g/mol. The molecule has 0 fully saturated rings. The van der Waals surface area contributed by atoms with Crippen LogP contribution in [0.2, 0.25) is 0 Å². The topological polar surface area (TPSA) is 50.3 Å². The first-order valence-corrected chi connectivity index (χ1v) is 40.9. The SMILES string of the molecule is Brc1ccc2c(-c3ccccc3-c3ccccc3)c3ccccc3c(-c3ccccc3-c3ccccc3)c2c1.OB(O)c1ccc(-n2c3ccccc3c3ccccc32)cc1.c1ccc(-c2ccccc2-c2c3ccccc3c(-c3ccccc3-c3ccccc3)c3cc(-c4ccc(-n5c6ccccc6c6ccccc65)cc4)ccc23)cc1. The highest BCUT2D eigenvalue weighted by Gasteiger charge is 2.25. The Bertz CT molecular complexity index is 7400. The van der Waals surface area contributed by atoms with E-state index in [9.17, 15) is 10.0 Å². The molecule has 0 amide bonds. The van der Waals surface area contributed by atoms with Gasteiger partial charge in [-0.15, -0.1) is 0 Å². The van der Waals surface area contributed by atoms with E-state index in [0.29, 0.717) is 5.46 Å². The van der Waals surface area contributed by atoms with Crippen molar-refractivity contribution in [3.63, 3.8) is 0 Å². The van der Waals surface area contributed by atoms with Gasteiger partial charge in [0.25, 0.3) is 0 Å². The number of hydrogen-bond acceptors (Lipinski definition) is 2. The van der Waals surface area contributed by atoms with Gasteiger partial charge in [0.15, 0.2) is 0 Å². The molecule has 0 atom stereocenters. The second-order valence-electron chi connectivity index (χ2n) is 29.9. The molecule has 20 aromatic carbocycles. The number of halogens is 1.